The maximum Gasteiger partial charge on any atom is 0.417 e. The van der Waals surface area contributed by atoms with Gasteiger partial charge >= 0.3 is 6.18 Å². The van der Waals surface area contributed by atoms with Crippen molar-refractivity contribution in [2.75, 3.05) is 13.2 Å². The fourth-order valence-electron chi connectivity index (χ4n) is 6.20. The predicted octanol–water partition coefficient (Wildman–Crippen LogP) is 5.64. The average Bonchev–Trinajstić information content (AvgIpc) is 3.48. The van der Waals surface area contributed by atoms with Gasteiger partial charge in [-0.2, -0.15) is 18.4 Å². The Hall–Kier alpha value is -3.00. The number of benzene rings is 2. The molecular formula is C27H26F4N3O3-. The zero-order valence-corrected chi connectivity index (χ0v) is 19.9. The van der Waals surface area contributed by atoms with Crippen LogP contribution in [-0.2, 0) is 10.9 Å². The van der Waals surface area contributed by atoms with Crippen molar-refractivity contribution in [3.63, 3.8) is 0 Å². The molecule has 5 atom stereocenters. The molecule has 2 heterocycles. The standard InChI is InChI=1S/C27H26F4N3O3/c28-23-12-16(7-8-21(23)26(35)33-18-9-10-37-14-18)25-20-4-2-1-3-19(20)24(34(25)36)15-5-6-17(13-32)22(11-15)27(29,30)31/h5-8,11-12,18-20,24-25H,1-4,9-10,14H2,(H,33,35)/q-1/t18-,19+,20+,24?,25?/m1/s1. The second-order valence-corrected chi connectivity index (χ2v) is 10.0. The highest BCUT2D eigenvalue weighted by molar-refractivity contribution is 5.94. The number of halogens is 4. The lowest BCUT2D eigenvalue weighted by Crippen LogP contribution is -2.35. The Morgan fingerprint density at radius 1 is 1.05 bits per heavy atom. The first-order valence-corrected chi connectivity index (χ1v) is 12.4. The normalized spacial score (nSPS) is 28.1. The van der Waals surface area contributed by atoms with Gasteiger partial charge in [-0.05, 0) is 66.5 Å². The molecule has 5 rings (SSSR count). The van der Waals surface area contributed by atoms with Crippen LogP contribution in [0.25, 0.3) is 0 Å². The fourth-order valence-corrected chi connectivity index (χ4v) is 6.20. The van der Waals surface area contributed by atoms with E-state index < -0.39 is 41.1 Å². The SMILES string of the molecule is N#Cc1ccc(C2[C@H]3CCCC[C@@H]3C(c3ccc(C(=O)N[C@@H]4CCOC4)c(F)c3)N2[O-])cc1C(F)(F)F. The molecule has 1 N–H and O–H groups in total. The van der Waals surface area contributed by atoms with Crippen LogP contribution in [0.1, 0.15) is 76.8 Å². The number of carbonyl (C=O) groups excluding carboxylic acids is 1. The van der Waals surface area contributed by atoms with Crippen molar-refractivity contribution in [2.24, 2.45) is 11.8 Å². The van der Waals surface area contributed by atoms with Gasteiger partial charge in [-0.15, -0.1) is 0 Å². The number of carbonyl (C=O) groups is 1. The first-order chi connectivity index (χ1) is 17.7. The van der Waals surface area contributed by atoms with E-state index in [1.54, 1.807) is 12.1 Å². The molecule has 0 radical (unpaired) electrons. The van der Waals surface area contributed by atoms with Gasteiger partial charge in [0.2, 0.25) is 0 Å². The molecule has 2 aliphatic heterocycles. The maximum atomic E-state index is 15.1. The summed E-state index contributed by atoms with van der Waals surface area (Å²) in [5.74, 6) is -1.69. The van der Waals surface area contributed by atoms with E-state index in [0.29, 0.717) is 38.0 Å². The summed E-state index contributed by atoms with van der Waals surface area (Å²) in [5.41, 5.74) is -1.09. The molecule has 0 bridgehead atoms. The fraction of sp³-hybridized carbons (Fsp3) is 0.481. The van der Waals surface area contributed by atoms with Crippen molar-refractivity contribution < 1.29 is 27.1 Å². The molecule has 2 saturated heterocycles. The van der Waals surface area contributed by atoms with Crippen molar-refractivity contribution in [3.8, 4) is 6.07 Å². The Bertz CT molecular complexity index is 1220. The lowest BCUT2D eigenvalue weighted by atomic mass is 9.73. The minimum absolute atomic E-state index is 0.134. The van der Waals surface area contributed by atoms with Gasteiger partial charge in [0.15, 0.2) is 0 Å². The Morgan fingerprint density at radius 2 is 1.70 bits per heavy atom. The van der Waals surface area contributed by atoms with Crippen LogP contribution in [0.4, 0.5) is 17.6 Å². The minimum Gasteiger partial charge on any atom is -0.784 e. The number of fused-ring (bicyclic) bond motifs is 1. The largest absolute Gasteiger partial charge is 0.784 e. The maximum absolute atomic E-state index is 15.1. The molecule has 2 unspecified atom stereocenters. The second-order valence-electron chi connectivity index (χ2n) is 10.0. The van der Waals surface area contributed by atoms with Gasteiger partial charge in [0.25, 0.3) is 5.91 Å². The van der Waals surface area contributed by atoms with E-state index in [1.807, 2.05) is 0 Å². The number of ether oxygens (including phenoxy) is 1. The van der Waals surface area contributed by atoms with E-state index in [4.69, 9.17) is 10.00 Å². The van der Waals surface area contributed by atoms with E-state index in [-0.39, 0.29) is 29.0 Å². The molecule has 3 aliphatic rings. The number of alkyl halides is 3. The number of rotatable bonds is 4. The van der Waals surface area contributed by atoms with Crippen LogP contribution < -0.4 is 5.32 Å². The first kappa shape index (κ1) is 25.6. The Labute approximate surface area is 211 Å². The zero-order valence-electron chi connectivity index (χ0n) is 19.9. The number of nitrogens with zero attached hydrogens (tertiary/aromatic N) is 2. The number of hydroxylamine groups is 2. The molecule has 1 aliphatic carbocycles. The number of hydrogen-bond acceptors (Lipinski definition) is 5. The van der Waals surface area contributed by atoms with E-state index in [1.165, 1.54) is 18.2 Å². The molecule has 2 aromatic rings. The Morgan fingerprint density at radius 3 is 2.27 bits per heavy atom. The van der Waals surface area contributed by atoms with Crippen LogP contribution in [0, 0.1) is 34.2 Å². The van der Waals surface area contributed by atoms with Gasteiger partial charge in [0.1, 0.15) is 5.82 Å². The summed E-state index contributed by atoms with van der Waals surface area (Å²) < 4.78 is 61.2. The summed E-state index contributed by atoms with van der Waals surface area (Å²) >= 11 is 0. The third-order valence-corrected chi connectivity index (χ3v) is 7.89. The van der Waals surface area contributed by atoms with Gasteiger partial charge in [0, 0.05) is 18.7 Å². The molecule has 196 valence electrons. The van der Waals surface area contributed by atoms with Crippen molar-refractivity contribution in [1.29, 1.82) is 5.26 Å². The van der Waals surface area contributed by atoms with Crippen LogP contribution in [0.2, 0.25) is 0 Å². The quantitative estimate of drug-likeness (QED) is 0.532. The van der Waals surface area contributed by atoms with Crippen LogP contribution in [0.5, 0.6) is 0 Å². The second kappa shape index (κ2) is 10.0. The highest BCUT2D eigenvalue weighted by Gasteiger charge is 2.47. The summed E-state index contributed by atoms with van der Waals surface area (Å²) in [6, 6.07) is 7.34. The molecule has 1 amide bonds. The van der Waals surface area contributed by atoms with Crippen LogP contribution in [-0.4, -0.2) is 30.2 Å². The predicted molar refractivity (Wildman–Crippen MR) is 125 cm³/mol. The molecule has 3 fully saturated rings. The smallest absolute Gasteiger partial charge is 0.417 e. The average molecular weight is 517 g/mol. The van der Waals surface area contributed by atoms with Crippen LogP contribution in [0.3, 0.4) is 0 Å². The van der Waals surface area contributed by atoms with Gasteiger partial charge < -0.3 is 20.3 Å². The number of amides is 1. The molecule has 37 heavy (non-hydrogen) atoms. The number of nitrogens with one attached hydrogen (secondary N) is 1. The van der Waals surface area contributed by atoms with Crippen molar-refractivity contribution in [3.05, 3.63) is 75.2 Å². The van der Waals surface area contributed by atoms with E-state index in [9.17, 15) is 23.2 Å². The monoisotopic (exact) mass is 516 g/mol. The summed E-state index contributed by atoms with van der Waals surface area (Å²) in [7, 11) is 0. The third kappa shape index (κ3) is 4.83. The summed E-state index contributed by atoms with van der Waals surface area (Å²) in [6.07, 6.45) is -1.01. The third-order valence-electron chi connectivity index (χ3n) is 7.89. The van der Waals surface area contributed by atoms with Crippen molar-refractivity contribution in [1.82, 2.24) is 10.4 Å². The van der Waals surface area contributed by atoms with Gasteiger partial charge in [-0.1, -0.05) is 25.0 Å². The molecular weight excluding hydrogens is 490 g/mol. The van der Waals surface area contributed by atoms with Gasteiger partial charge in [-0.25, -0.2) is 4.39 Å². The van der Waals surface area contributed by atoms with Crippen molar-refractivity contribution >= 4 is 5.91 Å². The van der Waals surface area contributed by atoms with Crippen molar-refractivity contribution in [2.45, 2.75) is 56.4 Å². The topological polar surface area (TPSA) is 88.4 Å². The molecule has 1 saturated carbocycles. The Balaban J connectivity index is 1.46. The van der Waals surface area contributed by atoms with E-state index >= 15 is 4.39 Å². The Kier molecular flexibility index (Phi) is 6.96. The highest BCUT2D eigenvalue weighted by Crippen LogP contribution is 2.56. The van der Waals surface area contributed by atoms with Gasteiger partial charge in [0.05, 0.1) is 35.4 Å². The molecule has 0 spiro atoms. The molecule has 6 nitrogen and oxygen atoms in total. The minimum atomic E-state index is -4.73. The van der Waals surface area contributed by atoms with Crippen LogP contribution in [0.15, 0.2) is 36.4 Å². The summed E-state index contributed by atoms with van der Waals surface area (Å²) in [5, 5.41) is 26.4. The van der Waals surface area contributed by atoms with Crippen LogP contribution >= 0.6 is 0 Å². The molecule has 2 aromatic carbocycles. The lowest BCUT2D eigenvalue weighted by molar-refractivity contribution is -0.137. The first-order valence-electron chi connectivity index (χ1n) is 12.4. The lowest BCUT2D eigenvalue weighted by Gasteiger charge is -2.38. The molecule has 10 heteroatoms. The summed E-state index contributed by atoms with van der Waals surface area (Å²) in [6.45, 7) is 0.898. The van der Waals surface area contributed by atoms with E-state index in [2.05, 4.69) is 5.32 Å². The summed E-state index contributed by atoms with van der Waals surface area (Å²) in [4.78, 5) is 12.6. The zero-order chi connectivity index (χ0) is 26.3. The van der Waals surface area contributed by atoms with E-state index in [0.717, 1.165) is 30.0 Å². The number of hydrogen-bond donors (Lipinski definition) is 1. The highest BCUT2D eigenvalue weighted by atomic mass is 19.4. The van der Waals surface area contributed by atoms with Gasteiger partial charge in [-0.3, -0.25) is 4.79 Å². The molecule has 0 aromatic heterocycles. The number of nitriles is 1.